The third-order valence-corrected chi connectivity index (χ3v) is 4.36. The molecule has 2 heterocycles. The van der Waals surface area contributed by atoms with Gasteiger partial charge in [-0.25, -0.2) is 9.36 Å². The summed E-state index contributed by atoms with van der Waals surface area (Å²) < 4.78 is 6.17. The number of ether oxygens (including phenoxy) is 1. The molecule has 8 heteroatoms. The van der Waals surface area contributed by atoms with Crippen molar-refractivity contribution in [3.05, 3.63) is 50.7 Å². The molecule has 0 radical (unpaired) electrons. The summed E-state index contributed by atoms with van der Waals surface area (Å²) >= 11 is 0. The van der Waals surface area contributed by atoms with E-state index in [0.717, 1.165) is 30.5 Å². The Morgan fingerprint density at radius 2 is 1.92 bits per heavy atom. The van der Waals surface area contributed by atoms with Crippen LogP contribution in [0.2, 0.25) is 0 Å². The molecule has 3 rings (SSSR count). The van der Waals surface area contributed by atoms with Crippen molar-refractivity contribution in [1.82, 2.24) is 14.6 Å². The highest BCUT2D eigenvalue weighted by Gasteiger charge is 2.15. The Labute approximate surface area is 150 Å². The normalized spacial score (nSPS) is 15.2. The van der Waals surface area contributed by atoms with Crippen LogP contribution in [0.3, 0.4) is 0 Å². The van der Waals surface area contributed by atoms with Gasteiger partial charge in [0.2, 0.25) is 5.88 Å². The van der Waals surface area contributed by atoms with Gasteiger partial charge >= 0.3 is 5.69 Å². The second kappa shape index (κ2) is 7.90. The topological polar surface area (TPSA) is 99.9 Å². The lowest BCUT2D eigenvalue weighted by Crippen LogP contribution is -2.31. The summed E-state index contributed by atoms with van der Waals surface area (Å²) in [5.74, 6) is 0.0744. The summed E-state index contributed by atoms with van der Waals surface area (Å²) in [6, 6.07) is 6.64. The lowest BCUT2D eigenvalue weighted by molar-refractivity contribution is 0.302. The lowest BCUT2D eigenvalue weighted by Gasteiger charge is -2.15. The third-order valence-electron chi connectivity index (χ3n) is 4.36. The number of aromatic hydroxyl groups is 1. The van der Waals surface area contributed by atoms with Gasteiger partial charge in [0, 0.05) is 19.2 Å². The minimum atomic E-state index is -0.729. The summed E-state index contributed by atoms with van der Waals surface area (Å²) in [5.41, 5.74) is -1.08. The first-order valence-electron chi connectivity index (χ1n) is 8.62. The van der Waals surface area contributed by atoms with Crippen LogP contribution in [0, 0.1) is 0 Å². The third kappa shape index (κ3) is 3.79. The van der Waals surface area contributed by atoms with Crippen LogP contribution in [0.1, 0.15) is 31.2 Å². The van der Waals surface area contributed by atoms with Gasteiger partial charge in [-0.15, -0.1) is 0 Å². The van der Waals surface area contributed by atoms with Gasteiger partial charge in [-0.05, 0) is 25.0 Å². The van der Waals surface area contributed by atoms with E-state index in [0.29, 0.717) is 11.4 Å². The van der Waals surface area contributed by atoms with Crippen molar-refractivity contribution in [3.63, 3.8) is 0 Å². The number of benzene rings is 1. The van der Waals surface area contributed by atoms with Gasteiger partial charge in [-0.1, -0.05) is 18.9 Å². The summed E-state index contributed by atoms with van der Waals surface area (Å²) in [6.07, 6.45) is 5.73. The molecule has 1 saturated heterocycles. The van der Waals surface area contributed by atoms with Gasteiger partial charge in [0.15, 0.2) is 0 Å². The van der Waals surface area contributed by atoms with E-state index >= 15 is 0 Å². The van der Waals surface area contributed by atoms with Crippen LogP contribution in [0.5, 0.6) is 11.6 Å². The molecule has 0 spiro atoms. The molecular formula is C18H22N4O4. The number of nitrogens with zero attached hydrogens (tertiary/aromatic N) is 3. The SMILES string of the molecule is COc1cccc(-n2c(O)c(/C=N/N3CCCCCC3)c(=O)[nH]c2=O)c1. The van der Waals surface area contributed by atoms with E-state index in [-0.39, 0.29) is 5.56 Å². The summed E-state index contributed by atoms with van der Waals surface area (Å²) in [7, 11) is 1.51. The molecule has 0 unspecified atom stereocenters. The Morgan fingerprint density at radius 1 is 1.19 bits per heavy atom. The highest BCUT2D eigenvalue weighted by Crippen LogP contribution is 2.20. The number of aromatic amines is 1. The van der Waals surface area contributed by atoms with E-state index < -0.39 is 17.1 Å². The van der Waals surface area contributed by atoms with Crippen molar-refractivity contribution in [2.45, 2.75) is 25.7 Å². The first kappa shape index (κ1) is 17.8. The number of H-pyrrole nitrogens is 1. The van der Waals surface area contributed by atoms with E-state index in [4.69, 9.17) is 4.74 Å². The van der Waals surface area contributed by atoms with E-state index in [1.165, 1.54) is 26.2 Å². The number of rotatable bonds is 4. The Bertz CT molecular complexity index is 908. The van der Waals surface area contributed by atoms with Crippen molar-refractivity contribution < 1.29 is 9.84 Å². The molecule has 26 heavy (non-hydrogen) atoms. The number of aromatic nitrogens is 2. The highest BCUT2D eigenvalue weighted by molar-refractivity contribution is 5.82. The Hall–Kier alpha value is -3.03. The van der Waals surface area contributed by atoms with Crippen LogP contribution >= 0.6 is 0 Å². The molecule has 1 aromatic heterocycles. The Kier molecular flexibility index (Phi) is 5.40. The fourth-order valence-electron chi connectivity index (χ4n) is 2.95. The first-order chi connectivity index (χ1) is 12.6. The van der Waals surface area contributed by atoms with Gasteiger partial charge in [0.05, 0.1) is 19.0 Å². The van der Waals surface area contributed by atoms with E-state index in [1.54, 1.807) is 24.3 Å². The van der Waals surface area contributed by atoms with Crippen LogP contribution in [0.15, 0.2) is 39.0 Å². The molecule has 0 atom stereocenters. The zero-order valence-corrected chi connectivity index (χ0v) is 14.6. The fourth-order valence-corrected chi connectivity index (χ4v) is 2.95. The Morgan fingerprint density at radius 3 is 2.62 bits per heavy atom. The van der Waals surface area contributed by atoms with Crippen LogP contribution in [-0.4, -0.2) is 46.1 Å². The zero-order valence-electron chi connectivity index (χ0n) is 14.6. The monoisotopic (exact) mass is 358 g/mol. The van der Waals surface area contributed by atoms with Crippen LogP contribution in [0.25, 0.3) is 5.69 Å². The average molecular weight is 358 g/mol. The molecule has 1 fully saturated rings. The van der Waals surface area contributed by atoms with Crippen LogP contribution in [0.4, 0.5) is 0 Å². The maximum atomic E-state index is 12.2. The molecular weight excluding hydrogens is 336 g/mol. The Balaban J connectivity index is 2.01. The quantitative estimate of drug-likeness (QED) is 0.806. The standard InChI is InChI=1S/C18H22N4O4/c1-26-14-8-6-7-13(11-14)22-17(24)15(16(23)20-18(22)25)12-19-21-9-4-2-3-5-10-21/h6-8,11-12,24H,2-5,9-10H2,1H3,(H,20,23,25)/b19-12+. The highest BCUT2D eigenvalue weighted by atomic mass is 16.5. The fraction of sp³-hybridized carbons (Fsp3) is 0.389. The number of hydrazone groups is 1. The minimum absolute atomic E-state index is 0.0586. The van der Waals surface area contributed by atoms with Gasteiger partial charge in [0.25, 0.3) is 5.56 Å². The molecule has 2 N–H and O–H groups in total. The molecule has 2 aromatic rings. The molecule has 0 bridgehead atoms. The smallest absolute Gasteiger partial charge is 0.335 e. The van der Waals surface area contributed by atoms with Crippen LogP contribution in [-0.2, 0) is 0 Å². The second-order valence-electron chi connectivity index (χ2n) is 6.15. The number of methoxy groups -OCH3 is 1. The number of hydrogen-bond donors (Lipinski definition) is 2. The van der Waals surface area contributed by atoms with Crippen LogP contribution < -0.4 is 16.0 Å². The van der Waals surface area contributed by atoms with Gasteiger partial charge in [0.1, 0.15) is 11.3 Å². The van der Waals surface area contributed by atoms with Crippen molar-refractivity contribution >= 4 is 6.21 Å². The molecule has 1 aliphatic rings. The number of nitrogens with one attached hydrogen (secondary N) is 1. The van der Waals surface area contributed by atoms with Gasteiger partial charge < -0.3 is 9.84 Å². The summed E-state index contributed by atoms with van der Waals surface area (Å²) in [5, 5.41) is 16.7. The van der Waals surface area contributed by atoms with Gasteiger partial charge in [-0.2, -0.15) is 5.10 Å². The molecule has 1 aliphatic heterocycles. The molecule has 138 valence electrons. The first-order valence-corrected chi connectivity index (χ1v) is 8.62. The zero-order chi connectivity index (χ0) is 18.5. The average Bonchev–Trinajstić information content (AvgIpc) is 2.90. The van der Waals surface area contributed by atoms with E-state index in [2.05, 4.69) is 10.1 Å². The maximum absolute atomic E-state index is 12.2. The van der Waals surface area contributed by atoms with Crippen molar-refractivity contribution in [1.29, 1.82) is 0 Å². The largest absolute Gasteiger partial charge is 0.497 e. The maximum Gasteiger partial charge on any atom is 0.335 e. The second-order valence-corrected chi connectivity index (χ2v) is 6.15. The van der Waals surface area contributed by atoms with E-state index in [9.17, 15) is 14.7 Å². The molecule has 0 aliphatic carbocycles. The number of hydrogen-bond acceptors (Lipinski definition) is 6. The molecule has 0 saturated carbocycles. The van der Waals surface area contributed by atoms with Crippen molar-refractivity contribution in [2.75, 3.05) is 20.2 Å². The lowest BCUT2D eigenvalue weighted by atomic mass is 10.2. The minimum Gasteiger partial charge on any atom is -0.497 e. The van der Waals surface area contributed by atoms with Crippen molar-refractivity contribution in [3.8, 4) is 17.3 Å². The molecule has 1 aromatic carbocycles. The van der Waals surface area contributed by atoms with E-state index in [1.807, 2.05) is 5.01 Å². The molecule has 0 amide bonds. The van der Waals surface area contributed by atoms with Gasteiger partial charge in [-0.3, -0.25) is 14.8 Å². The summed E-state index contributed by atoms with van der Waals surface area (Å²) in [6.45, 7) is 1.62. The summed E-state index contributed by atoms with van der Waals surface area (Å²) in [4.78, 5) is 26.6. The van der Waals surface area contributed by atoms with Crippen molar-refractivity contribution in [2.24, 2.45) is 5.10 Å². The predicted octanol–water partition coefficient (Wildman–Crippen LogP) is 1.45. The predicted molar refractivity (Wildman–Crippen MR) is 98.5 cm³/mol. The molecule has 8 nitrogen and oxygen atoms in total.